The SMILES string of the molecule is CC[C@@H](C(=O)NC1CCCCC1)N(Cc1ccccc1C)C(=O)CN(c1cc(Cl)ccc1Cl)S(C)(=O)=O. The van der Waals surface area contributed by atoms with Crippen molar-refractivity contribution in [2.45, 2.75) is 71.0 Å². The number of hydrogen-bond acceptors (Lipinski definition) is 4. The maximum absolute atomic E-state index is 13.8. The van der Waals surface area contributed by atoms with Crippen LogP contribution in [0, 0.1) is 6.92 Å². The van der Waals surface area contributed by atoms with E-state index in [1.165, 1.54) is 17.0 Å². The van der Waals surface area contributed by atoms with Crippen LogP contribution in [0.15, 0.2) is 42.5 Å². The van der Waals surface area contributed by atoms with Crippen molar-refractivity contribution in [1.29, 1.82) is 0 Å². The van der Waals surface area contributed by atoms with E-state index in [0.29, 0.717) is 6.42 Å². The first kappa shape index (κ1) is 29.3. The van der Waals surface area contributed by atoms with Crippen molar-refractivity contribution >= 4 is 50.7 Å². The molecule has 37 heavy (non-hydrogen) atoms. The molecule has 7 nitrogen and oxygen atoms in total. The van der Waals surface area contributed by atoms with Crippen molar-refractivity contribution in [2.24, 2.45) is 0 Å². The lowest BCUT2D eigenvalue weighted by Gasteiger charge is -2.34. The maximum Gasteiger partial charge on any atom is 0.244 e. The zero-order valence-corrected chi connectivity index (χ0v) is 23.9. The molecule has 1 atom stereocenters. The minimum Gasteiger partial charge on any atom is -0.352 e. The van der Waals surface area contributed by atoms with Crippen LogP contribution in [-0.4, -0.2) is 50.0 Å². The molecule has 1 N–H and O–H groups in total. The fourth-order valence-corrected chi connectivity index (χ4v) is 6.00. The highest BCUT2D eigenvalue weighted by Crippen LogP contribution is 2.31. The fraction of sp³-hybridized carbons (Fsp3) is 0.481. The summed E-state index contributed by atoms with van der Waals surface area (Å²) < 4.78 is 26.5. The lowest BCUT2D eigenvalue weighted by Crippen LogP contribution is -2.54. The normalized spacial score (nSPS) is 15.2. The molecule has 2 aromatic carbocycles. The molecule has 0 bridgehead atoms. The zero-order chi connectivity index (χ0) is 27.2. The molecule has 0 aromatic heterocycles. The summed E-state index contributed by atoms with van der Waals surface area (Å²) in [6.45, 7) is 3.45. The Bertz CT molecular complexity index is 1220. The van der Waals surface area contributed by atoms with E-state index < -0.39 is 28.5 Å². The molecule has 0 radical (unpaired) electrons. The van der Waals surface area contributed by atoms with Gasteiger partial charge in [-0.1, -0.05) is 73.7 Å². The van der Waals surface area contributed by atoms with E-state index in [9.17, 15) is 18.0 Å². The van der Waals surface area contributed by atoms with E-state index in [-0.39, 0.29) is 34.2 Å². The van der Waals surface area contributed by atoms with Gasteiger partial charge >= 0.3 is 0 Å². The average molecular weight is 569 g/mol. The van der Waals surface area contributed by atoms with E-state index in [4.69, 9.17) is 23.2 Å². The summed E-state index contributed by atoms with van der Waals surface area (Å²) in [4.78, 5) is 28.8. The Balaban J connectivity index is 1.95. The molecule has 1 aliphatic carbocycles. The van der Waals surface area contributed by atoms with Gasteiger partial charge in [-0.3, -0.25) is 13.9 Å². The fourth-order valence-electron chi connectivity index (χ4n) is 4.71. The number of hydrogen-bond donors (Lipinski definition) is 1. The van der Waals surface area contributed by atoms with E-state index in [2.05, 4.69) is 5.32 Å². The molecular weight excluding hydrogens is 533 g/mol. The molecule has 0 spiro atoms. The lowest BCUT2D eigenvalue weighted by atomic mass is 9.95. The molecule has 0 saturated heterocycles. The van der Waals surface area contributed by atoms with E-state index in [0.717, 1.165) is 53.8 Å². The van der Waals surface area contributed by atoms with Crippen LogP contribution in [0.1, 0.15) is 56.6 Å². The topological polar surface area (TPSA) is 86.8 Å². The second kappa shape index (κ2) is 13.0. The number of sulfonamides is 1. The van der Waals surface area contributed by atoms with Crippen LogP contribution in [0.3, 0.4) is 0 Å². The third-order valence-corrected chi connectivity index (χ3v) is 8.48. The molecular formula is C27H35Cl2N3O4S. The first-order chi connectivity index (χ1) is 17.5. The van der Waals surface area contributed by atoms with Gasteiger partial charge in [0.05, 0.1) is 17.0 Å². The van der Waals surface area contributed by atoms with Gasteiger partial charge in [-0.2, -0.15) is 0 Å². The second-order valence-electron chi connectivity index (χ2n) is 9.58. The van der Waals surface area contributed by atoms with Crippen LogP contribution < -0.4 is 9.62 Å². The number of aryl methyl sites for hydroxylation is 1. The van der Waals surface area contributed by atoms with Gasteiger partial charge in [0.1, 0.15) is 12.6 Å². The van der Waals surface area contributed by atoms with Gasteiger partial charge in [-0.25, -0.2) is 8.42 Å². The predicted molar refractivity (Wildman–Crippen MR) is 149 cm³/mol. The van der Waals surface area contributed by atoms with E-state index >= 15 is 0 Å². The van der Waals surface area contributed by atoms with Gasteiger partial charge < -0.3 is 10.2 Å². The van der Waals surface area contributed by atoms with Crippen LogP contribution in [-0.2, 0) is 26.2 Å². The van der Waals surface area contributed by atoms with Gasteiger partial charge in [-0.15, -0.1) is 0 Å². The molecule has 0 aliphatic heterocycles. The number of nitrogens with zero attached hydrogens (tertiary/aromatic N) is 2. The number of rotatable bonds is 10. The molecule has 2 amide bonds. The minimum atomic E-state index is -3.90. The number of carbonyl (C=O) groups is 2. The molecule has 10 heteroatoms. The summed E-state index contributed by atoms with van der Waals surface area (Å²) in [6.07, 6.45) is 6.53. The number of nitrogens with one attached hydrogen (secondary N) is 1. The molecule has 1 saturated carbocycles. The van der Waals surface area contributed by atoms with Crippen molar-refractivity contribution in [3.63, 3.8) is 0 Å². The standard InChI is InChI=1S/C27H35Cl2N3O4S/c1-4-24(27(34)30-22-12-6-5-7-13-22)31(17-20-11-9-8-10-19(20)2)26(33)18-32(37(3,35)36)25-16-21(28)14-15-23(25)29/h8-11,14-16,22,24H,4-7,12-13,17-18H2,1-3H3,(H,30,34)/t24-/m0/s1. The molecule has 1 aliphatic rings. The van der Waals surface area contributed by atoms with E-state index in [1.54, 1.807) is 6.07 Å². The van der Waals surface area contributed by atoms with Gasteiger partial charge in [0.25, 0.3) is 0 Å². The molecule has 3 rings (SSSR count). The van der Waals surface area contributed by atoms with E-state index in [1.807, 2.05) is 38.1 Å². The highest BCUT2D eigenvalue weighted by molar-refractivity contribution is 7.92. The summed E-state index contributed by atoms with van der Waals surface area (Å²) in [7, 11) is -3.90. The molecule has 1 fully saturated rings. The Morgan fingerprint density at radius 2 is 1.76 bits per heavy atom. The average Bonchev–Trinajstić information content (AvgIpc) is 2.85. The predicted octanol–water partition coefficient (Wildman–Crippen LogP) is 5.32. The summed E-state index contributed by atoms with van der Waals surface area (Å²) in [5.41, 5.74) is 1.97. The Morgan fingerprint density at radius 1 is 1.08 bits per heavy atom. The van der Waals surface area contributed by atoms with Crippen molar-refractivity contribution in [2.75, 3.05) is 17.1 Å². The number of halogens is 2. The van der Waals surface area contributed by atoms with Crippen molar-refractivity contribution < 1.29 is 18.0 Å². The maximum atomic E-state index is 13.8. The Morgan fingerprint density at radius 3 is 2.38 bits per heavy atom. The van der Waals surface area contributed by atoms with Gasteiger partial charge in [0, 0.05) is 17.6 Å². The zero-order valence-electron chi connectivity index (χ0n) is 21.5. The van der Waals surface area contributed by atoms with Crippen molar-refractivity contribution in [3.8, 4) is 0 Å². The van der Waals surface area contributed by atoms with Crippen LogP contribution in [0.5, 0.6) is 0 Å². The number of benzene rings is 2. The third-order valence-electron chi connectivity index (χ3n) is 6.80. The van der Waals surface area contributed by atoms with Gasteiger partial charge in [-0.05, 0) is 55.5 Å². The Kier molecular flexibility index (Phi) is 10.3. The van der Waals surface area contributed by atoms with Crippen molar-refractivity contribution in [3.05, 3.63) is 63.6 Å². The van der Waals surface area contributed by atoms with Gasteiger partial charge in [0.15, 0.2) is 0 Å². The third kappa shape index (κ3) is 7.85. The summed E-state index contributed by atoms with van der Waals surface area (Å²) >= 11 is 12.4. The van der Waals surface area contributed by atoms with Crippen molar-refractivity contribution in [1.82, 2.24) is 10.2 Å². The summed E-state index contributed by atoms with van der Waals surface area (Å²) in [6, 6.07) is 11.4. The Labute approximate surface area is 230 Å². The number of amides is 2. The number of carbonyl (C=O) groups excluding carboxylic acids is 2. The summed E-state index contributed by atoms with van der Waals surface area (Å²) in [5, 5.41) is 3.57. The molecule has 0 heterocycles. The quantitative estimate of drug-likeness (QED) is 0.420. The van der Waals surface area contributed by atoms with Gasteiger partial charge in [0.2, 0.25) is 21.8 Å². The van der Waals surface area contributed by atoms with Crippen LogP contribution in [0.4, 0.5) is 5.69 Å². The van der Waals surface area contributed by atoms with Crippen LogP contribution in [0.25, 0.3) is 0 Å². The van der Waals surface area contributed by atoms with Crippen LogP contribution in [0.2, 0.25) is 10.0 Å². The smallest absolute Gasteiger partial charge is 0.244 e. The first-order valence-corrected chi connectivity index (χ1v) is 15.2. The highest BCUT2D eigenvalue weighted by Gasteiger charge is 2.33. The minimum absolute atomic E-state index is 0.0866. The monoisotopic (exact) mass is 567 g/mol. The highest BCUT2D eigenvalue weighted by atomic mass is 35.5. The summed E-state index contributed by atoms with van der Waals surface area (Å²) in [5.74, 6) is -0.724. The molecule has 202 valence electrons. The lowest BCUT2D eigenvalue weighted by molar-refractivity contribution is -0.140. The molecule has 0 unspecified atom stereocenters. The first-order valence-electron chi connectivity index (χ1n) is 12.6. The second-order valence-corrected chi connectivity index (χ2v) is 12.3. The molecule has 2 aromatic rings. The Hall–Kier alpha value is -2.29. The largest absolute Gasteiger partial charge is 0.352 e. The van der Waals surface area contributed by atoms with Crippen LogP contribution >= 0.6 is 23.2 Å². The number of anilines is 1.